The van der Waals surface area contributed by atoms with E-state index in [-0.39, 0.29) is 5.41 Å². The molecule has 1 heterocycles. The van der Waals surface area contributed by atoms with Gasteiger partial charge in [0, 0.05) is 25.0 Å². The molecule has 0 saturated carbocycles. The Morgan fingerprint density at radius 2 is 1.68 bits per heavy atom. The van der Waals surface area contributed by atoms with Gasteiger partial charge in [0.05, 0.1) is 20.3 Å². The minimum Gasteiger partial charge on any atom is -0.199 e. The van der Waals surface area contributed by atoms with Gasteiger partial charge >= 0.3 is 0 Å². The third-order valence-corrected chi connectivity index (χ3v) is 4.87. The van der Waals surface area contributed by atoms with Gasteiger partial charge in [-0.15, -0.1) is 0 Å². The van der Waals surface area contributed by atoms with E-state index in [2.05, 4.69) is 68.7 Å². The van der Waals surface area contributed by atoms with Crippen LogP contribution in [-0.4, -0.2) is 21.5 Å². The van der Waals surface area contributed by atoms with Crippen molar-refractivity contribution in [3.05, 3.63) is 42.0 Å². The molecule has 5 nitrogen and oxygen atoms in total. The van der Waals surface area contributed by atoms with Crippen molar-refractivity contribution >= 4 is 22.2 Å². The summed E-state index contributed by atoms with van der Waals surface area (Å²) >= 11 is 0. The van der Waals surface area contributed by atoms with Gasteiger partial charge in [0.1, 0.15) is 6.54 Å². The zero-order valence-electron chi connectivity index (χ0n) is 15.1. The Bertz CT molecular complexity index is 788. The van der Waals surface area contributed by atoms with Gasteiger partial charge in [0.2, 0.25) is 5.69 Å². The van der Waals surface area contributed by atoms with Crippen LogP contribution in [0.25, 0.3) is 10.8 Å². The van der Waals surface area contributed by atoms with E-state index in [9.17, 15) is 0 Å². The molecule has 2 aromatic carbocycles. The minimum atomic E-state index is -4.69. The fourth-order valence-electron chi connectivity index (χ4n) is 3.45. The fourth-order valence-corrected chi connectivity index (χ4v) is 3.45. The molecule has 0 bridgehead atoms. The molecule has 2 aromatic rings. The van der Waals surface area contributed by atoms with E-state index in [1.165, 1.54) is 40.6 Å². The largest absolute Gasteiger partial charge is 0.210 e. The minimum absolute atomic E-state index is 0.129. The molecule has 0 fully saturated rings. The second kappa shape index (κ2) is 7.40. The van der Waals surface area contributed by atoms with Crippen LogP contribution in [0, 0.1) is 10.2 Å². The Hall–Kier alpha value is -1.50. The van der Waals surface area contributed by atoms with Gasteiger partial charge in [-0.3, -0.25) is 0 Å². The number of halogens is 1. The average molecular weight is 367 g/mol. The van der Waals surface area contributed by atoms with Crippen molar-refractivity contribution in [3.8, 4) is 0 Å². The predicted octanol–water partition coefficient (Wildman–Crippen LogP) is 0.912. The highest BCUT2D eigenvalue weighted by atomic mass is 35.7. The highest BCUT2D eigenvalue weighted by molar-refractivity contribution is 6.01. The molecule has 0 atom stereocenters. The van der Waals surface area contributed by atoms with Gasteiger partial charge in [-0.1, -0.05) is 37.6 Å². The lowest BCUT2D eigenvalue weighted by atomic mass is 9.80. The maximum atomic E-state index is 8.60. The number of nitrogens with zero attached hydrogens (tertiary/aromatic N) is 1. The Kier molecular flexibility index (Phi) is 5.86. The molecule has 1 aliphatic rings. The van der Waals surface area contributed by atoms with Crippen LogP contribution in [0.5, 0.6) is 0 Å². The summed E-state index contributed by atoms with van der Waals surface area (Å²) in [6.07, 6.45) is 2.49. The summed E-state index contributed by atoms with van der Waals surface area (Å²) in [4.78, 5) is 0. The normalized spacial score (nSPS) is 15.8. The molecule has 6 heteroatoms. The average Bonchev–Trinajstić information content (AvgIpc) is 2.71. The van der Waals surface area contributed by atoms with Gasteiger partial charge < -0.3 is 0 Å². The summed E-state index contributed by atoms with van der Waals surface area (Å²) < 4.78 is 35.3. The lowest BCUT2D eigenvalue weighted by molar-refractivity contribution is -1.92. The highest BCUT2D eigenvalue weighted by Gasteiger charge is 2.43. The number of benzene rings is 2. The van der Waals surface area contributed by atoms with Crippen molar-refractivity contribution in [1.29, 1.82) is 0 Å². The van der Waals surface area contributed by atoms with Crippen LogP contribution in [0.3, 0.4) is 0 Å². The molecule has 1 N–H and O–H groups in total. The van der Waals surface area contributed by atoms with E-state index in [4.69, 9.17) is 18.6 Å². The first-order valence-electron chi connectivity index (χ1n) is 8.34. The summed E-state index contributed by atoms with van der Waals surface area (Å²) in [5, 5.41) is 2.76. The molecular formula is C19H25ClNO4+. The third-order valence-electron chi connectivity index (χ3n) is 4.87. The van der Waals surface area contributed by atoms with Crippen molar-refractivity contribution in [3.63, 3.8) is 0 Å². The lowest BCUT2D eigenvalue weighted by Gasteiger charge is -2.17. The van der Waals surface area contributed by atoms with Gasteiger partial charge in [0.25, 0.3) is 0 Å². The Balaban J connectivity index is 0.000000399. The molecule has 136 valence electrons. The van der Waals surface area contributed by atoms with E-state index in [1.807, 2.05) is 0 Å². The Morgan fingerprint density at radius 1 is 1.08 bits per heavy atom. The first-order chi connectivity index (χ1) is 11.6. The quantitative estimate of drug-likeness (QED) is 0.817. The lowest BCUT2D eigenvalue weighted by Crippen LogP contribution is -2.58. The monoisotopic (exact) mass is 366 g/mol. The van der Waals surface area contributed by atoms with Gasteiger partial charge in [0.15, 0.2) is 5.71 Å². The number of rotatable bonds is 3. The molecule has 25 heavy (non-hydrogen) atoms. The van der Waals surface area contributed by atoms with E-state index in [0.29, 0.717) is 0 Å². The van der Waals surface area contributed by atoms with Crippen LogP contribution in [0.4, 0.5) is 5.69 Å². The van der Waals surface area contributed by atoms with Crippen molar-refractivity contribution in [2.75, 3.05) is 6.54 Å². The molecule has 1 aliphatic heterocycles. The van der Waals surface area contributed by atoms with E-state index in [0.717, 1.165) is 6.54 Å². The van der Waals surface area contributed by atoms with Gasteiger partial charge in [-0.2, -0.15) is 18.6 Å². The Labute approximate surface area is 150 Å². The summed E-state index contributed by atoms with van der Waals surface area (Å²) in [6, 6.07) is 13.3. The van der Waals surface area contributed by atoms with Crippen LogP contribution in [0.1, 0.15) is 46.1 Å². The van der Waals surface area contributed by atoms with Crippen molar-refractivity contribution in [2.24, 2.45) is 0 Å². The first kappa shape index (κ1) is 19.8. The summed E-state index contributed by atoms with van der Waals surface area (Å²) in [5.74, 6) is 0. The fraction of sp³-hybridized carbons (Fsp3) is 0.421. The second-order valence-corrected chi connectivity index (χ2v) is 7.58. The van der Waals surface area contributed by atoms with Gasteiger partial charge in [-0.05, 0) is 30.7 Å². The van der Waals surface area contributed by atoms with Crippen LogP contribution in [0.15, 0.2) is 36.4 Å². The number of hydrogen-bond donors (Lipinski definition) is 1. The maximum Gasteiger partial charge on any atom is 0.210 e. The SMILES string of the molecule is CCCC[N+]1=C(C)C(C)(C)c2c1ccc1ccccc21.[O-][Cl+3]([O-])([O-])O. The molecule has 0 amide bonds. The molecule has 0 spiro atoms. The van der Waals surface area contributed by atoms with Gasteiger partial charge in [-0.25, -0.2) is 0 Å². The smallest absolute Gasteiger partial charge is 0.199 e. The molecule has 3 rings (SSSR count). The third kappa shape index (κ3) is 4.37. The van der Waals surface area contributed by atoms with E-state index >= 15 is 0 Å². The molecule has 0 unspecified atom stereocenters. The molecule has 0 radical (unpaired) electrons. The van der Waals surface area contributed by atoms with Crippen molar-refractivity contribution in [2.45, 2.75) is 46.0 Å². The molecule has 0 aromatic heterocycles. The molecular weight excluding hydrogens is 342 g/mol. The topological polar surface area (TPSA) is 92.4 Å². The van der Waals surface area contributed by atoms with Crippen LogP contribution in [0.2, 0.25) is 0 Å². The predicted molar refractivity (Wildman–Crippen MR) is 89.6 cm³/mol. The van der Waals surface area contributed by atoms with Crippen LogP contribution < -0.4 is 14.0 Å². The standard InChI is InChI=1S/C19H24N.ClHO4/c1-5-6-13-20-14(2)19(3,4)18-16-10-8-7-9-15(16)11-12-17(18)20;2-1(3,4)5/h7-12H,5-6,13H2,1-4H3;(H,2,3,4,5)/q+1;. The van der Waals surface area contributed by atoms with Crippen LogP contribution in [-0.2, 0) is 5.41 Å². The number of hydrogen-bond acceptors (Lipinski definition) is 4. The summed E-state index contributed by atoms with van der Waals surface area (Å²) in [6.45, 7) is 10.4. The van der Waals surface area contributed by atoms with E-state index < -0.39 is 10.2 Å². The zero-order valence-corrected chi connectivity index (χ0v) is 15.8. The summed E-state index contributed by atoms with van der Waals surface area (Å²) in [5.41, 5.74) is 4.53. The first-order valence-corrected chi connectivity index (χ1v) is 9.60. The Morgan fingerprint density at radius 3 is 2.28 bits per heavy atom. The number of unbranched alkanes of at least 4 members (excludes halogenated alkanes) is 1. The number of fused-ring (bicyclic) bond motifs is 3. The maximum absolute atomic E-state index is 8.60. The zero-order chi connectivity index (χ0) is 18.8. The molecule has 0 saturated heterocycles. The van der Waals surface area contributed by atoms with Crippen molar-refractivity contribution < 1.29 is 33.5 Å². The summed E-state index contributed by atoms with van der Waals surface area (Å²) in [7, 11) is -4.69. The van der Waals surface area contributed by atoms with E-state index in [1.54, 1.807) is 0 Å². The molecule has 0 aliphatic carbocycles. The van der Waals surface area contributed by atoms with Crippen molar-refractivity contribution in [1.82, 2.24) is 0 Å². The highest BCUT2D eigenvalue weighted by Crippen LogP contribution is 2.43. The van der Waals surface area contributed by atoms with Crippen LogP contribution >= 0.6 is 0 Å². The second-order valence-electron chi connectivity index (χ2n) is 6.79.